The van der Waals surface area contributed by atoms with Crippen LogP contribution in [0.25, 0.3) is 0 Å². The van der Waals surface area contributed by atoms with E-state index in [0.717, 1.165) is 48.1 Å². The van der Waals surface area contributed by atoms with Crippen LogP contribution in [-0.4, -0.2) is 60.0 Å². The molecule has 2 aliphatic heterocycles. The highest BCUT2D eigenvalue weighted by atomic mass is 32.2. The first-order valence-corrected chi connectivity index (χ1v) is 10.8. The number of ether oxygens (including phenoxy) is 1. The van der Waals surface area contributed by atoms with Gasteiger partial charge in [0.1, 0.15) is 11.6 Å². The fraction of sp³-hybridized carbons (Fsp3) is 0.450. The molecule has 0 saturated carbocycles. The van der Waals surface area contributed by atoms with Crippen LogP contribution in [0.4, 0.5) is 16.3 Å². The number of anilines is 2. The number of carbonyl (C=O) groups is 1. The molecule has 0 unspecified atom stereocenters. The van der Waals surface area contributed by atoms with E-state index < -0.39 is 0 Å². The third-order valence-electron chi connectivity index (χ3n) is 5.09. The normalized spacial score (nSPS) is 16.6. The molecule has 8 heteroatoms. The van der Waals surface area contributed by atoms with E-state index in [1.54, 1.807) is 11.8 Å². The number of aryl methyl sites for hydroxylation is 1. The molecule has 0 radical (unpaired) electrons. The Morgan fingerprint density at radius 1 is 1.14 bits per heavy atom. The molecule has 1 aromatic heterocycles. The summed E-state index contributed by atoms with van der Waals surface area (Å²) in [6.45, 7) is 6.15. The van der Waals surface area contributed by atoms with Crippen molar-refractivity contribution >= 4 is 29.3 Å². The zero-order valence-electron chi connectivity index (χ0n) is 16.3. The van der Waals surface area contributed by atoms with Crippen LogP contribution in [0.3, 0.4) is 0 Å². The number of fused-ring (bicyclic) bond motifs is 1. The number of amides is 2. The lowest BCUT2D eigenvalue weighted by Crippen LogP contribution is -2.42. The first-order valence-electron chi connectivity index (χ1n) is 9.53. The minimum absolute atomic E-state index is 0.0870. The van der Waals surface area contributed by atoms with Crippen LogP contribution >= 0.6 is 11.8 Å². The lowest BCUT2D eigenvalue weighted by Gasteiger charge is -2.34. The first-order chi connectivity index (χ1) is 13.6. The molecular formula is C20H25N5O2S. The number of hydrogen-bond acceptors (Lipinski definition) is 6. The number of carbonyl (C=O) groups excluding carboxylic acids is 1. The Morgan fingerprint density at radius 2 is 1.89 bits per heavy atom. The van der Waals surface area contributed by atoms with Gasteiger partial charge in [0.25, 0.3) is 0 Å². The van der Waals surface area contributed by atoms with Gasteiger partial charge >= 0.3 is 6.03 Å². The average Bonchev–Trinajstić information content (AvgIpc) is 2.74. The lowest BCUT2D eigenvalue weighted by atomic mass is 10.1. The van der Waals surface area contributed by atoms with Crippen molar-refractivity contribution in [3.63, 3.8) is 0 Å². The fourth-order valence-corrected chi connectivity index (χ4v) is 4.01. The molecule has 28 heavy (non-hydrogen) atoms. The largest absolute Gasteiger partial charge is 0.378 e. The molecule has 2 amide bonds. The molecule has 0 aliphatic carbocycles. The number of morpholine rings is 1. The molecule has 1 aromatic carbocycles. The van der Waals surface area contributed by atoms with Crippen molar-refractivity contribution in [2.45, 2.75) is 24.8 Å². The second-order valence-electron chi connectivity index (χ2n) is 6.95. The molecule has 2 aromatic rings. The second-order valence-corrected chi connectivity index (χ2v) is 7.83. The summed E-state index contributed by atoms with van der Waals surface area (Å²) in [4.78, 5) is 27.4. The van der Waals surface area contributed by atoms with Crippen molar-refractivity contribution in [2.24, 2.45) is 0 Å². The highest BCUT2D eigenvalue weighted by Crippen LogP contribution is 2.28. The minimum Gasteiger partial charge on any atom is -0.378 e. The summed E-state index contributed by atoms with van der Waals surface area (Å²) in [6.07, 6.45) is 2.78. The molecule has 1 fully saturated rings. The molecular weight excluding hydrogens is 374 g/mol. The molecule has 1 saturated heterocycles. The molecule has 0 spiro atoms. The fourth-order valence-electron chi connectivity index (χ4n) is 3.60. The van der Waals surface area contributed by atoms with Crippen molar-refractivity contribution in [3.8, 4) is 0 Å². The first kappa shape index (κ1) is 19.0. The number of hydrogen-bond donors (Lipinski definition) is 1. The van der Waals surface area contributed by atoms with Gasteiger partial charge in [-0.3, -0.25) is 0 Å². The SMILES string of the molecule is CSc1ccc(NC(=O)N2CCc3nc(C)nc(N4CCOCC4)c3C2)cc1. The third kappa shape index (κ3) is 4.07. The number of nitrogens with zero attached hydrogens (tertiary/aromatic N) is 4. The van der Waals surface area contributed by atoms with Gasteiger partial charge < -0.3 is 19.9 Å². The van der Waals surface area contributed by atoms with E-state index in [4.69, 9.17) is 9.72 Å². The van der Waals surface area contributed by atoms with E-state index in [0.29, 0.717) is 26.3 Å². The van der Waals surface area contributed by atoms with Crippen molar-refractivity contribution in [1.29, 1.82) is 0 Å². The quantitative estimate of drug-likeness (QED) is 0.801. The number of urea groups is 1. The molecule has 3 heterocycles. The summed E-state index contributed by atoms with van der Waals surface area (Å²) < 4.78 is 5.48. The predicted molar refractivity (Wildman–Crippen MR) is 111 cm³/mol. The zero-order chi connectivity index (χ0) is 19.5. The molecule has 0 atom stereocenters. The van der Waals surface area contributed by atoms with Gasteiger partial charge in [-0.05, 0) is 37.4 Å². The lowest BCUT2D eigenvalue weighted by molar-refractivity contribution is 0.122. The highest BCUT2D eigenvalue weighted by Gasteiger charge is 2.27. The number of rotatable bonds is 3. The summed E-state index contributed by atoms with van der Waals surface area (Å²) >= 11 is 1.68. The molecule has 4 rings (SSSR count). The average molecular weight is 400 g/mol. The maximum Gasteiger partial charge on any atom is 0.322 e. The predicted octanol–water partition coefficient (Wildman–Crippen LogP) is 2.93. The van der Waals surface area contributed by atoms with Crippen molar-refractivity contribution in [3.05, 3.63) is 41.3 Å². The van der Waals surface area contributed by atoms with Crippen LogP contribution in [0.15, 0.2) is 29.2 Å². The second kappa shape index (κ2) is 8.36. The summed E-state index contributed by atoms with van der Waals surface area (Å²) in [6, 6.07) is 7.81. The van der Waals surface area contributed by atoms with E-state index in [2.05, 4.69) is 15.2 Å². The molecule has 148 valence electrons. The van der Waals surface area contributed by atoms with E-state index >= 15 is 0 Å². The van der Waals surface area contributed by atoms with Crippen LogP contribution in [0, 0.1) is 6.92 Å². The Hall–Kier alpha value is -2.32. The number of nitrogens with one attached hydrogen (secondary N) is 1. The van der Waals surface area contributed by atoms with Gasteiger partial charge in [0.2, 0.25) is 0 Å². The van der Waals surface area contributed by atoms with E-state index in [9.17, 15) is 4.79 Å². The van der Waals surface area contributed by atoms with Gasteiger partial charge in [0.05, 0.1) is 25.5 Å². The summed E-state index contributed by atoms with van der Waals surface area (Å²) in [5, 5.41) is 3.01. The van der Waals surface area contributed by atoms with Crippen LogP contribution in [0.5, 0.6) is 0 Å². The Bertz CT molecular complexity index is 852. The number of thioether (sulfide) groups is 1. The smallest absolute Gasteiger partial charge is 0.322 e. The van der Waals surface area contributed by atoms with Gasteiger partial charge in [-0.1, -0.05) is 0 Å². The standard InChI is InChI=1S/C20H25N5O2S/c1-14-21-18-7-8-25(20(26)23-15-3-5-16(28-2)6-4-15)13-17(18)19(22-14)24-9-11-27-12-10-24/h3-6H,7-13H2,1-2H3,(H,23,26). The highest BCUT2D eigenvalue weighted by molar-refractivity contribution is 7.98. The third-order valence-corrected chi connectivity index (χ3v) is 5.83. The van der Waals surface area contributed by atoms with Crippen LogP contribution in [-0.2, 0) is 17.7 Å². The Balaban J connectivity index is 1.52. The van der Waals surface area contributed by atoms with Crippen molar-refractivity contribution in [1.82, 2.24) is 14.9 Å². The van der Waals surface area contributed by atoms with Crippen molar-refractivity contribution in [2.75, 3.05) is 49.3 Å². The summed E-state index contributed by atoms with van der Waals surface area (Å²) in [5.41, 5.74) is 2.93. The van der Waals surface area contributed by atoms with E-state index in [1.807, 2.05) is 42.3 Å². The van der Waals surface area contributed by atoms with Crippen molar-refractivity contribution < 1.29 is 9.53 Å². The zero-order valence-corrected chi connectivity index (χ0v) is 17.1. The summed E-state index contributed by atoms with van der Waals surface area (Å²) in [7, 11) is 0. The molecule has 2 aliphatic rings. The van der Waals surface area contributed by atoms with Crippen LogP contribution in [0.1, 0.15) is 17.1 Å². The number of aromatic nitrogens is 2. The topological polar surface area (TPSA) is 70.6 Å². The minimum atomic E-state index is -0.0870. The Labute approximate surface area is 169 Å². The molecule has 0 bridgehead atoms. The monoisotopic (exact) mass is 399 g/mol. The van der Waals surface area contributed by atoms with Gasteiger partial charge in [-0.15, -0.1) is 11.8 Å². The van der Waals surface area contributed by atoms with Gasteiger partial charge in [-0.2, -0.15) is 0 Å². The molecule has 1 N–H and O–H groups in total. The Kier molecular flexibility index (Phi) is 5.68. The number of benzene rings is 1. The maximum atomic E-state index is 12.8. The molecule has 7 nitrogen and oxygen atoms in total. The van der Waals surface area contributed by atoms with Crippen LogP contribution in [0.2, 0.25) is 0 Å². The van der Waals surface area contributed by atoms with Gasteiger partial charge in [-0.25, -0.2) is 14.8 Å². The Morgan fingerprint density at radius 3 is 2.61 bits per heavy atom. The summed E-state index contributed by atoms with van der Waals surface area (Å²) in [5.74, 6) is 1.74. The van der Waals surface area contributed by atoms with E-state index in [1.165, 1.54) is 4.90 Å². The van der Waals surface area contributed by atoms with Gasteiger partial charge in [0.15, 0.2) is 0 Å². The van der Waals surface area contributed by atoms with E-state index in [-0.39, 0.29) is 6.03 Å². The van der Waals surface area contributed by atoms with Crippen LogP contribution < -0.4 is 10.2 Å². The van der Waals surface area contributed by atoms with Gasteiger partial charge in [0, 0.05) is 42.2 Å². The maximum absolute atomic E-state index is 12.8.